The molecule has 4 heterocycles. The van der Waals surface area contributed by atoms with Gasteiger partial charge in [0.1, 0.15) is 0 Å². The molecule has 26 heavy (non-hydrogen) atoms. The number of hydrogen-bond acceptors (Lipinski definition) is 6. The zero-order chi connectivity index (χ0) is 18.3. The van der Waals surface area contributed by atoms with Crippen LogP contribution in [0.5, 0.6) is 0 Å². The molecular weight excluding hydrogens is 352 g/mol. The van der Waals surface area contributed by atoms with Crippen LogP contribution >= 0.6 is 11.3 Å². The molecule has 3 aromatic heterocycles. The van der Waals surface area contributed by atoms with Gasteiger partial charge in [0.15, 0.2) is 11.4 Å². The molecular formula is C18H14N4O3S. The molecule has 7 nitrogen and oxygen atoms in total. The van der Waals surface area contributed by atoms with E-state index in [-0.39, 0.29) is 18.7 Å². The lowest BCUT2D eigenvalue weighted by Crippen LogP contribution is -2.41. The topological polar surface area (TPSA) is 86.3 Å². The number of carbonyl (C=O) groups excluding carboxylic acids is 1. The van der Waals surface area contributed by atoms with Crippen molar-refractivity contribution >= 4 is 33.9 Å². The fourth-order valence-electron chi connectivity index (χ4n) is 2.96. The maximum atomic E-state index is 13.1. The summed E-state index contributed by atoms with van der Waals surface area (Å²) < 4.78 is 2.57. The van der Waals surface area contributed by atoms with Gasteiger partial charge in [0, 0.05) is 23.0 Å². The molecule has 0 unspecified atom stereocenters. The van der Waals surface area contributed by atoms with Gasteiger partial charge < -0.3 is 0 Å². The average molecular weight is 366 g/mol. The summed E-state index contributed by atoms with van der Waals surface area (Å²) in [5.74, 6) is -0.0977. The maximum absolute atomic E-state index is 13.1. The number of carbonyl (C=O) groups is 1. The highest BCUT2D eigenvalue weighted by Crippen LogP contribution is 2.20. The molecule has 130 valence electrons. The van der Waals surface area contributed by atoms with E-state index in [1.165, 1.54) is 28.2 Å². The number of rotatable bonds is 3. The molecule has 0 atom stereocenters. The molecule has 1 aliphatic rings. The Morgan fingerprint density at radius 1 is 1.23 bits per heavy atom. The summed E-state index contributed by atoms with van der Waals surface area (Å²) >= 11 is 1.51. The van der Waals surface area contributed by atoms with Gasteiger partial charge in [-0.3, -0.25) is 19.1 Å². The molecule has 8 heteroatoms. The summed E-state index contributed by atoms with van der Waals surface area (Å²) in [6.07, 6.45) is 4.43. The van der Waals surface area contributed by atoms with Crippen LogP contribution in [0.3, 0.4) is 0 Å². The first-order valence-electron chi connectivity index (χ1n) is 7.96. The minimum Gasteiger partial charge on any atom is -0.294 e. The number of ketones is 1. The van der Waals surface area contributed by atoms with Crippen molar-refractivity contribution in [3.8, 4) is 5.69 Å². The van der Waals surface area contributed by atoms with Crippen LogP contribution in [-0.2, 0) is 11.3 Å². The fraction of sp³-hybridized carbons (Fsp3) is 0.167. The molecule has 0 aromatic carbocycles. The molecule has 0 fully saturated rings. The number of allylic oxidation sites excluding steroid dienone is 1. The molecule has 0 saturated heterocycles. The molecule has 3 aromatic rings. The van der Waals surface area contributed by atoms with Crippen molar-refractivity contribution in [1.29, 1.82) is 0 Å². The highest BCUT2D eigenvalue weighted by atomic mass is 32.1. The maximum Gasteiger partial charge on any atom is 0.337 e. The van der Waals surface area contributed by atoms with Gasteiger partial charge in [-0.25, -0.2) is 14.3 Å². The quantitative estimate of drug-likeness (QED) is 0.708. The highest BCUT2D eigenvalue weighted by Gasteiger charge is 2.19. The number of hydrogen-bond donors (Lipinski definition) is 0. The number of aryl methyl sites for hydroxylation is 1. The van der Waals surface area contributed by atoms with Gasteiger partial charge in [-0.15, -0.1) is 11.3 Å². The van der Waals surface area contributed by atoms with Crippen LogP contribution in [0.25, 0.3) is 16.7 Å². The molecule has 0 aliphatic carbocycles. The van der Waals surface area contributed by atoms with Crippen LogP contribution in [0.15, 0.2) is 56.6 Å². The van der Waals surface area contributed by atoms with Gasteiger partial charge in [0.05, 0.1) is 24.0 Å². The Hall–Kier alpha value is -3.13. The standard InChI is InChI=1S/C18H14N4O3S/c1-11-15(5-8-26-11)22-16-14(3-2-6-20-16)17(24)21(18(22)25)10-12-9-13(23)4-7-19-12/h2-8H,9-10H2,1H3. The molecule has 0 N–H and O–H groups in total. The van der Waals surface area contributed by atoms with E-state index in [2.05, 4.69) is 9.98 Å². The molecule has 0 spiro atoms. The number of thiophene rings is 1. The van der Waals surface area contributed by atoms with E-state index in [9.17, 15) is 14.4 Å². The smallest absolute Gasteiger partial charge is 0.294 e. The van der Waals surface area contributed by atoms with E-state index in [4.69, 9.17) is 0 Å². The Kier molecular flexibility index (Phi) is 3.96. The van der Waals surface area contributed by atoms with Crippen LogP contribution in [0.4, 0.5) is 0 Å². The third-order valence-electron chi connectivity index (χ3n) is 4.21. The van der Waals surface area contributed by atoms with E-state index in [1.54, 1.807) is 18.3 Å². The minimum atomic E-state index is -0.493. The first kappa shape index (κ1) is 16.3. The van der Waals surface area contributed by atoms with Crippen LogP contribution < -0.4 is 11.2 Å². The van der Waals surface area contributed by atoms with Crippen molar-refractivity contribution in [1.82, 2.24) is 14.1 Å². The Balaban J connectivity index is 2.00. The lowest BCUT2D eigenvalue weighted by atomic mass is 10.1. The normalized spacial score (nSPS) is 14.0. The zero-order valence-electron chi connectivity index (χ0n) is 13.9. The average Bonchev–Trinajstić information content (AvgIpc) is 3.05. The molecule has 1 aliphatic heterocycles. The van der Waals surface area contributed by atoms with Crippen molar-refractivity contribution in [3.63, 3.8) is 0 Å². The Morgan fingerprint density at radius 2 is 2.08 bits per heavy atom. The first-order chi connectivity index (χ1) is 12.6. The van der Waals surface area contributed by atoms with Crippen LogP contribution in [0, 0.1) is 6.92 Å². The second kappa shape index (κ2) is 6.30. The summed E-state index contributed by atoms with van der Waals surface area (Å²) in [5.41, 5.74) is 0.564. The number of fused-ring (bicyclic) bond motifs is 1. The van der Waals surface area contributed by atoms with E-state index in [0.29, 0.717) is 22.4 Å². The van der Waals surface area contributed by atoms with Crippen molar-refractivity contribution in [3.05, 3.63) is 67.8 Å². The number of aliphatic imine (C=N–C) groups is 1. The third kappa shape index (κ3) is 2.64. The number of pyridine rings is 1. The fourth-order valence-corrected chi connectivity index (χ4v) is 3.64. The second-order valence-electron chi connectivity index (χ2n) is 5.90. The second-order valence-corrected chi connectivity index (χ2v) is 7.02. The molecule has 0 radical (unpaired) electrons. The number of nitrogens with zero attached hydrogens (tertiary/aromatic N) is 4. The number of aromatic nitrogens is 3. The third-order valence-corrected chi connectivity index (χ3v) is 5.04. The van der Waals surface area contributed by atoms with Gasteiger partial charge >= 0.3 is 5.69 Å². The largest absolute Gasteiger partial charge is 0.337 e. The van der Waals surface area contributed by atoms with Crippen molar-refractivity contribution < 1.29 is 4.79 Å². The lowest BCUT2D eigenvalue weighted by molar-refractivity contribution is -0.113. The molecule has 0 bridgehead atoms. The van der Waals surface area contributed by atoms with Gasteiger partial charge in [-0.05, 0) is 36.6 Å². The predicted octanol–water partition coefficient (Wildman–Crippen LogP) is 1.84. The summed E-state index contributed by atoms with van der Waals surface area (Å²) in [4.78, 5) is 46.9. The monoisotopic (exact) mass is 366 g/mol. The highest BCUT2D eigenvalue weighted by molar-refractivity contribution is 7.10. The van der Waals surface area contributed by atoms with E-state index in [1.807, 2.05) is 18.4 Å². The summed E-state index contributed by atoms with van der Waals surface area (Å²) in [6, 6.07) is 5.13. The van der Waals surface area contributed by atoms with Gasteiger partial charge in [0.2, 0.25) is 0 Å². The van der Waals surface area contributed by atoms with Crippen molar-refractivity contribution in [2.24, 2.45) is 4.99 Å². The molecule has 0 saturated carbocycles. The minimum absolute atomic E-state index is 0.0260. The van der Waals surface area contributed by atoms with Gasteiger partial charge in [-0.2, -0.15) is 0 Å². The van der Waals surface area contributed by atoms with E-state index in [0.717, 1.165) is 9.44 Å². The lowest BCUT2D eigenvalue weighted by Gasteiger charge is -2.14. The molecule has 4 rings (SSSR count). The first-order valence-corrected chi connectivity index (χ1v) is 8.84. The summed E-state index contributed by atoms with van der Waals surface area (Å²) in [6.45, 7) is 1.88. The van der Waals surface area contributed by atoms with Crippen molar-refractivity contribution in [2.45, 2.75) is 19.9 Å². The van der Waals surface area contributed by atoms with Crippen LogP contribution in [0.1, 0.15) is 11.3 Å². The Morgan fingerprint density at radius 3 is 2.81 bits per heavy atom. The van der Waals surface area contributed by atoms with Crippen LogP contribution in [0.2, 0.25) is 0 Å². The summed E-state index contributed by atoms with van der Waals surface area (Å²) in [5, 5.41) is 2.23. The van der Waals surface area contributed by atoms with Crippen LogP contribution in [-0.4, -0.2) is 25.6 Å². The zero-order valence-corrected chi connectivity index (χ0v) is 14.7. The molecule has 0 amide bonds. The summed E-state index contributed by atoms with van der Waals surface area (Å²) in [7, 11) is 0. The predicted molar refractivity (Wildman–Crippen MR) is 100 cm³/mol. The Bertz CT molecular complexity index is 1210. The van der Waals surface area contributed by atoms with Crippen molar-refractivity contribution in [2.75, 3.05) is 0 Å². The van der Waals surface area contributed by atoms with E-state index < -0.39 is 11.2 Å². The van der Waals surface area contributed by atoms with Gasteiger partial charge in [-0.1, -0.05) is 0 Å². The SMILES string of the molecule is Cc1sccc1-n1c(=O)n(CC2=NC=CC(=O)C2)c(=O)c2cccnc21. The van der Waals surface area contributed by atoms with E-state index >= 15 is 0 Å². The Labute approximate surface area is 151 Å². The van der Waals surface area contributed by atoms with Gasteiger partial charge in [0.25, 0.3) is 5.56 Å².